The first-order valence-electron chi connectivity index (χ1n) is 30.9. The minimum Gasteiger partial charge on any atom is -0.387 e. The van der Waals surface area contributed by atoms with Crippen molar-refractivity contribution in [2.24, 2.45) is 0 Å². The van der Waals surface area contributed by atoms with E-state index in [4.69, 9.17) is 9.05 Å². The number of aliphatic hydroxyl groups excluding tert-OH is 1. The van der Waals surface area contributed by atoms with Crippen LogP contribution in [0.2, 0.25) is 0 Å². The van der Waals surface area contributed by atoms with E-state index < -0.39 is 20.0 Å². The largest absolute Gasteiger partial charge is 0.472 e. The molecule has 0 aliphatic carbocycles. The molecule has 3 unspecified atom stereocenters. The summed E-state index contributed by atoms with van der Waals surface area (Å²) in [6.07, 6.45) is 69.7. The number of phosphoric acid groups is 1. The van der Waals surface area contributed by atoms with Gasteiger partial charge in [-0.05, 0) is 51.4 Å². The first-order chi connectivity index (χ1) is 34.5. The number of nitrogens with one attached hydrogen (secondary N) is 1. The highest BCUT2D eigenvalue weighted by Crippen LogP contribution is 2.43. The Bertz CT molecular complexity index is 1250. The van der Waals surface area contributed by atoms with Crippen LogP contribution in [0.5, 0.6) is 0 Å². The van der Waals surface area contributed by atoms with Crippen LogP contribution in [0.4, 0.5) is 0 Å². The molecule has 0 spiro atoms. The van der Waals surface area contributed by atoms with Crippen molar-refractivity contribution in [2.45, 2.75) is 315 Å². The topological polar surface area (TPSA) is 105 Å². The smallest absolute Gasteiger partial charge is 0.387 e. The average Bonchev–Trinajstić information content (AvgIpc) is 3.33. The highest BCUT2D eigenvalue weighted by atomic mass is 31.2. The lowest BCUT2D eigenvalue weighted by atomic mass is 10.0. The van der Waals surface area contributed by atoms with E-state index in [1.165, 1.54) is 238 Å². The molecule has 0 saturated heterocycles. The van der Waals surface area contributed by atoms with Gasteiger partial charge in [-0.25, -0.2) is 4.57 Å². The number of carbonyl (C=O) groups excluding carboxylic acids is 1. The molecular formula is C62H122N2O6P+. The van der Waals surface area contributed by atoms with Gasteiger partial charge in [0, 0.05) is 6.42 Å². The molecule has 3 atom stereocenters. The molecule has 0 aliphatic heterocycles. The van der Waals surface area contributed by atoms with Gasteiger partial charge in [0.2, 0.25) is 5.91 Å². The summed E-state index contributed by atoms with van der Waals surface area (Å²) < 4.78 is 23.8. The van der Waals surface area contributed by atoms with Crippen LogP contribution in [0, 0.1) is 0 Å². The maximum atomic E-state index is 13.0. The summed E-state index contributed by atoms with van der Waals surface area (Å²) in [6, 6.07) is -0.846. The number of allylic oxidation sites excluding steroid dienone is 5. The second-order valence-corrected chi connectivity index (χ2v) is 23.9. The van der Waals surface area contributed by atoms with Gasteiger partial charge in [0.25, 0.3) is 0 Å². The number of aliphatic hydroxyl groups is 1. The van der Waals surface area contributed by atoms with E-state index in [-0.39, 0.29) is 19.1 Å². The van der Waals surface area contributed by atoms with Crippen LogP contribution in [0.15, 0.2) is 36.5 Å². The zero-order valence-electron chi connectivity index (χ0n) is 48.0. The third kappa shape index (κ3) is 56.3. The van der Waals surface area contributed by atoms with E-state index in [1.54, 1.807) is 6.08 Å². The van der Waals surface area contributed by atoms with Crippen molar-refractivity contribution in [3.63, 3.8) is 0 Å². The molecule has 0 rings (SSSR count). The molecule has 0 heterocycles. The van der Waals surface area contributed by atoms with Crippen LogP contribution < -0.4 is 5.32 Å². The molecule has 0 fully saturated rings. The van der Waals surface area contributed by atoms with Crippen LogP contribution >= 0.6 is 7.82 Å². The van der Waals surface area contributed by atoms with E-state index in [9.17, 15) is 19.4 Å². The zero-order valence-corrected chi connectivity index (χ0v) is 48.9. The average molecular weight is 1020 g/mol. The number of carbonyl (C=O) groups is 1. The van der Waals surface area contributed by atoms with Crippen molar-refractivity contribution in [2.75, 3.05) is 40.9 Å². The Labute approximate surface area is 442 Å². The minimum absolute atomic E-state index is 0.0631. The summed E-state index contributed by atoms with van der Waals surface area (Å²) in [4.78, 5) is 23.3. The Balaban J connectivity index is 4.11. The van der Waals surface area contributed by atoms with E-state index in [0.29, 0.717) is 17.4 Å². The number of likely N-dealkylation sites (N-methyl/N-ethyl adjacent to an activating group) is 1. The predicted octanol–water partition coefficient (Wildman–Crippen LogP) is 18.9. The van der Waals surface area contributed by atoms with Crippen molar-refractivity contribution < 1.29 is 32.9 Å². The van der Waals surface area contributed by atoms with E-state index >= 15 is 0 Å². The SMILES string of the molecule is CCCCCCC/C=C\C/C=C\CCCCCCCCCCCCCCCCCCCC(=O)NC(COP(=O)(O)OCC[N+](C)(C)C)C(O)/C=C/CCCCCCCCCCCCCCCCCCCC. The molecule has 1 amide bonds. The van der Waals surface area contributed by atoms with E-state index in [0.717, 1.165) is 44.9 Å². The van der Waals surface area contributed by atoms with Crippen LogP contribution in [0.3, 0.4) is 0 Å². The van der Waals surface area contributed by atoms with Crippen LogP contribution in [0.1, 0.15) is 303 Å². The summed E-state index contributed by atoms with van der Waals surface area (Å²) in [6.45, 7) is 4.85. The number of phosphoric ester groups is 1. The lowest BCUT2D eigenvalue weighted by Crippen LogP contribution is -2.45. The fourth-order valence-electron chi connectivity index (χ4n) is 9.25. The van der Waals surface area contributed by atoms with Gasteiger partial charge in [-0.15, -0.1) is 0 Å². The highest BCUT2D eigenvalue weighted by molar-refractivity contribution is 7.47. The van der Waals surface area contributed by atoms with Crippen molar-refractivity contribution in [1.82, 2.24) is 5.32 Å². The van der Waals surface area contributed by atoms with Gasteiger partial charge >= 0.3 is 7.82 Å². The molecule has 9 heteroatoms. The summed E-state index contributed by atoms with van der Waals surface area (Å²) >= 11 is 0. The maximum Gasteiger partial charge on any atom is 0.472 e. The number of unbranched alkanes of at least 4 members (excludes halogenated alkanes) is 40. The molecule has 0 bridgehead atoms. The number of quaternary nitrogens is 1. The lowest BCUT2D eigenvalue weighted by molar-refractivity contribution is -0.870. The molecule has 0 radical (unpaired) electrons. The Hall–Kier alpha value is -1.28. The van der Waals surface area contributed by atoms with Gasteiger partial charge in [0.05, 0.1) is 39.9 Å². The summed E-state index contributed by atoms with van der Waals surface area (Å²) in [5, 5.41) is 14.0. The fourth-order valence-corrected chi connectivity index (χ4v) is 9.99. The highest BCUT2D eigenvalue weighted by Gasteiger charge is 2.27. The molecular weight excluding hydrogens is 900 g/mol. The van der Waals surface area contributed by atoms with Gasteiger partial charge in [-0.2, -0.15) is 0 Å². The minimum atomic E-state index is -4.35. The molecule has 0 aromatic heterocycles. The molecule has 0 saturated carbocycles. The molecule has 71 heavy (non-hydrogen) atoms. The van der Waals surface area contributed by atoms with Crippen molar-refractivity contribution in [3.05, 3.63) is 36.5 Å². The molecule has 0 aromatic rings. The van der Waals surface area contributed by atoms with E-state index in [2.05, 4.69) is 43.5 Å². The number of hydrogen-bond acceptors (Lipinski definition) is 5. The Morgan fingerprint density at radius 2 is 0.803 bits per heavy atom. The zero-order chi connectivity index (χ0) is 52.0. The third-order valence-corrected chi connectivity index (χ3v) is 15.1. The van der Waals surface area contributed by atoms with Gasteiger partial charge in [0.1, 0.15) is 13.2 Å². The van der Waals surface area contributed by atoms with Gasteiger partial charge in [0.15, 0.2) is 0 Å². The first-order valence-corrected chi connectivity index (χ1v) is 32.4. The van der Waals surface area contributed by atoms with Gasteiger partial charge < -0.3 is 19.8 Å². The van der Waals surface area contributed by atoms with E-state index in [1.807, 2.05) is 27.2 Å². The van der Waals surface area contributed by atoms with Crippen molar-refractivity contribution >= 4 is 13.7 Å². The molecule has 8 nitrogen and oxygen atoms in total. The summed E-state index contributed by atoms with van der Waals surface area (Å²) in [7, 11) is 1.58. The first kappa shape index (κ1) is 69.7. The predicted molar refractivity (Wildman–Crippen MR) is 309 cm³/mol. The molecule has 3 N–H and O–H groups in total. The fraction of sp³-hybridized carbons (Fsp3) is 0.887. The maximum absolute atomic E-state index is 13.0. The molecule has 0 aliphatic rings. The van der Waals surface area contributed by atoms with Crippen LogP contribution in [0.25, 0.3) is 0 Å². The monoisotopic (exact) mass is 1020 g/mol. The number of amides is 1. The quantitative estimate of drug-likeness (QED) is 0.0243. The Kier molecular flexibility index (Phi) is 52.6. The summed E-state index contributed by atoms with van der Waals surface area (Å²) in [5.41, 5.74) is 0. The molecule has 420 valence electrons. The van der Waals surface area contributed by atoms with Crippen LogP contribution in [-0.2, 0) is 18.4 Å². The summed E-state index contributed by atoms with van der Waals surface area (Å²) in [5.74, 6) is -0.172. The lowest BCUT2D eigenvalue weighted by Gasteiger charge is -2.25. The Morgan fingerprint density at radius 1 is 0.479 bits per heavy atom. The van der Waals surface area contributed by atoms with Gasteiger partial charge in [-0.3, -0.25) is 13.8 Å². The normalized spacial score (nSPS) is 14.1. The van der Waals surface area contributed by atoms with Crippen molar-refractivity contribution in [1.29, 1.82) is 0 Å². The standard InChI is InChI=1S/C62H121N2O6P/c1-6-8-10-12-14-16-18-20-22-24-26-28-29-30-31-32-33-34-35-36-38-40-42-44-46-48-50-52-54-56-62(66)63-60(59-70-71(67,68)69-58-57-64(3,4)5)61(65)55-53-51-49-47-45-43-41-39-37-27-25-23-21-19-17-15-13-11-9-7-2/h18,20,24,26,53,55,60-61,65H,6-17,19,21-23,25,27-52,54,56-59H2,1-5H3,(H-,63,66,67,68)/p+1/b20-18-,26-24-,55-53+. The second kappa shape index (κ2) is 53.5. The van der Waals surface area contributed by atoms with Gasteiger partial charge in [-0.1, -0.05) is 281 Å². The Morgan fingerprint density at radius 3 is 1.15 bits per heavy atom. The van der Waals surface area contributed by atoms with Crippen molar-refractivity contribution in [3.8, 4) is 0 Å². The number of nitrogens with zero attached hydrogens (tertiary/aromatic N) is 1. The molecule has 0 aromatic carbocycles. The second-order valence-electron chi connectivity index (χ2n) is 22.4. The number of hydrogen-bond donors (Lipinski definition) is 3. The number of rotatable bonds is 57. The third-order valence-electron chi connectivity index (χ3n) is 14.1. The van der Waals surface area contributed by atoms with Crippen LogP contribution in [-0.4, -0.2) is 73.4 Å².